The number of primary amides is 1. The summed E-state index contributed by atoms with van der Waals surface area (Å²) in [6.45, 7) is 3.36. The third-order valence-corrected chi connectivity index (χ3v) is 2.96. The van der Waals surface area contributed by atoms with Crippen molar-refractivity contribution in [2.75, 3.05) is 0 Å². The molecule has 0 spiro atoms. The summed E-state index contributed by atoms with van der Waals surface area (Å²) in [6, 6.07) is 3.49. The molecule has 0 aliphatic heterocycles. The second-order valence-corrected chi connectivity index (χ2v) is 4.45. The largest absolute Gasteiger partial charge is 0.460 e. The zero-order valence-corrected chi connectivity index (χ0v) is 10.5. The van der Waals surface area contributed by atoms with E-state index in [0.29, 0.717) is 16.9 Å². The number of nitrogens with zero attached hydrogens (tertiary/aromatic N) is 3. The Morgan fingerprint density at radius 2 is 2.11 bits per heavy atom. The van der Waals surface area contributed by atoms with Gasteiger partial charge in [0.05, 0.1) is 5.52 Å². The summed E-state index contributed by atoms with van der Waals surface area (Å²) in [5, 5.41) is 4.10. The lowest BCUT2D eigenvalue weighted by Crippen LogP contribution is -2.31. The van der Waals surface area contributed by atoms with Gasteiger partial charge in [-0.15, -0.1) is 0 Å². The minimum absolute atomic E-state index is 0.234. The maximum absolute atomic E-state index is 12.2. The van der Waals surface area contributed by atoms with Crippen molar-refractivity contribution in [2.45, 2.75) is 20.4 Å². The molecule has 0 radical (unpaired) electrons. The van der Waals surface area contributed by atoms with Gasteiger partial charge in [0.25, 0.3) is 5.56 Å². The fraction of sp³-hybridized carbons (Fsp3) is 0.250. The topological polar surface area (TPSA) is 95.5 Å². The van der Waals surface area contributed by atoms with Crippen LogP contribution in [0.25, 0.3) is 16.6 Å². The molecule has 0 bridgehead atoms. The number of rotatable bonds is 2. The molecule has 0 aromatic carbocycles. The average molecular weight is 260 g/mol. The van der Waals surface area contributed by atoms with E-state index in [4.69, 9.17) is 10.2 Å². The highest BCUT2D eigenvalue weighted by atomic mass is 16.3. The smallest absolute Gasteiger partial charge is 0.291 e. The van der Waals surface area contributed by atoms with Gasteiger partial charge in [-0.2, -0.15) is 5.10 Å². The minimum Gasteiger partial charge on any atom is -0.460 e. The van der Waals surface area contributed by atoms with Crippen LogP contribution in [0.4, 0.5) is 0 Å². The maximum atomic E-state index is 12.2. The highest BCUT2D eigenvalue weighted by Gasteiger charge is 2.15. The first-order valence-corrected chi connectivity index (χ1v) is 5.75. The van der Waals surface area contributed by atoms with Gasteiger partial charge in [-0.25, -0.2) is 4.68 Å². The fourth-order valence-electron chi connectivity index (χ4n) is 2.27. The SMILES string of the molecule is Cc1cc2c(cc3c(=O)n(CC(N)=O)nc(C)n32)o1. The van der Waals surface area contributed by atoms with Crippen LogP contribution in [-0.2, 0) is 11.3 Å². The van der Waals surface area contributed by atoms with Crippen LogP contribution in [0, 0.1) is 13.8 Å². The Bertz CT molecular complexity index is 868. The monoisotopic (exact) mass is 260 g/mol. The van der Waals surface area contributed by atoms with Crippen LogP contribution in [0.2, 0.25) is 0 Å². The third kappa shape index (κ3) is 1.62. The van der Waals surface area contributed by atoms with Crippen LogP contribution < -0.4 is 11.3 Å². The molecule has 1 amide bonds. The summed E-state index contributed by atoms with van der Waals surface area (Å²) in [4.78, 5) is 23.1. The van der Waals surface area contributed by atoms with E-state index >= 15 is 0 Å². The molecule has 98 valence electrons. The molecule has 0 unspecified atom stereocenters. The molecule has 0 atom stereocenters. The van der Waals surface area contributed by atoms with E-state index in [-0.39, 0.29) is 12.1 Å². The molecular formula is C12H12N4O3. The van der Waals surface area contributed by atoms with Gasteiger partial charge in [-0.3, -0.25) is 14.0 Å². The van der Waals surface area contributed by atoms with E-state index in [1.165, 1.54) is 0 Å². The number of carbonyl (C=O) groups is 1. The predicted molar refractivity (Wildman–Crippen MR) is 67.9 cm³/mol. The first kappa shape index (κ1) is 11.5. The Balaban J connectivity index is 2.40. The summed E-state index contributed by atoms with van der Waals surface area (Å²) >= 11 is 0. The van der Waals surface area contributed by atoms with E-state index in [0.717, 1.165) is 16.0 Å². The molecular weight excluding hydrogens is 248 g/mol. The molecule has 2 N–H and O–H groups in total. The van der Waals surface area contributed by atoms with Crippen molar-refractivity contribution in [3.8, 4) is 0 Å². The third-order valence-electron chi connectivity index (χ3n) is 2.96. The Morgan fingerprint density at radius 1 is 1.37 bits per heavy atom. The lowest BCUT2D eigenvalue weighted by atomic mass is 10.4. The molecule has 0 saturated heterocycles. The van der Waals surface area contributed by atoms with Crippen molar-refractivity contribution in [1.29, 1.82) is 0 Å². The van der Waals surface area contributed by atoms with Gasteiger partial charge in [0.15, 0.2) is 5.58 Å². The molecule has 7 nitrogen and oxygen atoms in total. The molecule has 3 aromatic rings. The summed E-state index contributed by atoms with van der Waals surface area (Å²) in [6.07, 6.45) is 0. The zero-order chi connectivity index (χ0) is 13.7. The highest BCUT2D eigenvalue weighted by molar-refractivity contribution is 5.83. The molecule has 0 saturated carbocycles. The van der Waals surface area contributed by atoms with E-state index in [1.54, 1.807) is 17.4 Å². The van der Waals surface area contributed by atoms with Gasteiger partial charge >= 0.3 is 0 Å². The second kappa shape index (κ2) is 3.71. The first-order chi connectivity index (χ1) is 8.97. The Labute approximate surface area is 107 Å². The minimum atomic E-state index is -0.607. The van der Waals surface area contributed by atoms with Crippen LogP contribution >= 0.6 is 0 Å². The predicted octanol–water partition coefficient (Wildman–Crippen LogP) is 0.344. The number of aromatic nitrogens is 3. The second-order valence-electron chi connectivity index (χ2n) is 4.45. The number of furan rings is 1. The van der Waals surface area contributed by atoms with Gasteiger partial charge in [-0.1, -0.05) is 0 Å². The van der Waals surface area contributed by atoms with Crippen LogP contribution in [0.3, 0.4) is 0 Å². The Morgan fingerprint density at radius 3 is 2.79 bits per heavy atom. The number of nitrogens with two attached hydrogens (primary N) is 1. The van der Waals surface area contributed by atoms with Crippen LogP contribution in [0.5, 0.6) is 0 Å². The number of fused-ring (bicyclic) bond motifs is 3. The number of hydrogen-bond acceptors (Lipinski definition) is 4. The molecule has 3 rings (SSSR count). The van der Waals surface area contributed by atoms with Crippen LogP contribution in [-0.4, -0.2) is 20.1 Å². The van der Waals surface area contributed by atoms with E-state index < -0.39 is 5.91 Å². The van der Waals surface area contributed by atoms with Crippen molar-refractivity contribution < 1.29 is 9.21 Å². The maximum Gasteiger partial charge on any atom is 0.291 e. The van der Waals surface area contributed by atoms with E-state index in [2.05, 4.69) is 5.10 Å². The molecule has 0 aliphatic rings. The van der Waals surface area contributed by atoms with Gasteiger partial charge in [0, 0.05) is 12.1 Å². The summed E-state index contributed by atoms with van der Waals surface area (Å²) in [5.74, 6) is 0.746. The van der Waals surface area contributed by atoms with Crippen molar-refractivity contribution >= 4 is 22.5 Å². The number of amides is 1. The van der Waals surface area contributed by atoms with Crippen LogP contribution in [0.1, 0.15) is 11.6 Å². The van der Waals surface area contributed by atoms with E-state index in [9.17, 15) is 9.59 Å². The van der Waals surface area contributed by atoms with Gasteiger partial charge < -0.3 is 10.2 Å². The quantitative estimate of drug-likeness (QED) is 0.718. The summed E-state index contributed by atoms with van der Waals surface area (Å²) < 4.78 is 8.28. The number of carbonyl (C=O) groups excluding carboxylic acids is 1. The lowest BCUT2D eigenvalue weighted by Gasteiger charge is -2.06. The molecule has 0 aliphatic carbocycles. The standard InChI is InChI=1S/C12H12N4O3/c1-6-3-8-10(19-6)4-9-12(18)15(5-11(13)17)14-7(2)16(8)9/h3-4H,5H2,1-2H3,(H2,13,17). The van der Waals surface area contributed by atoms with Crippen molar-refractivity contribution in [3.63, 3.8) is 0 Å². The van der Waals surface area contributed by atoms with Crippen molar-refractivity contribution in [1.82, 2.24) is 14.2 Å². The first-order valence-electron chi connectivity index (χ1n) is 5.75. The zero-order valence-electron chi connectivity index (χ0n) is 10.5. The Hall–Kier alpha value is -2.57. The number of hydrogen-bond donors (Lipinski definition) is 1. The Kier molecular flexibility index (Phi) is 2.25. The fourth-order valence-corrected chi connectivity index (χ4v) is 2.27. The van der Waals surface area contributed by atoms with E-state index in [1.807, 2.05) is 13.0 Å². The van der Waals surface area contributed by atoms with Crippen LogP contribution in [0.15, 0.2) is 21.3 Å². The molecule has 0 fully saturated rings. The molecule has 3 aromatic heterocycles. The molecule has 3 heterocycles. The number of aryl methyl sites for hydroxylation is 2. The van der Waals surface area contributed by atoms with Crippen molar-refractivity contribution in [2.24, 2.45) is 5.73 Å². The lowest BCUT2D eigenvalue weighted by molar-refractivity contribution is -0.118. The van der Waals surface area contributed by atoms with Gasteiger partial charge in [0.1, 0.15) is 23.6 Å². The summed E-state index contributed by atoms with van der Waals surface area (Å²) in [7, 11) is 0. The average Bonchev–Trinajstić information content (AvgIpc) is 2.80. The molecule has 7 heteroatoms. The normalized spacial score (nSPS) is 11.5. The van der Waals surface area contributed by atoms with Gasteiger partial charge in [-0.05, 0) is 13.8 Å². The molecule has 19 heavy (non-hydrogen) atoms. The van der Waals surface area contributed by atoms with Crippen molar-refractivity contribution in [3.05, 3.63) is 34.1 Å². The van der Waals surface area contributed by atoms with Gasteiger partial charge in [0.2, 0.25) is 5.91 Å². The highest BCUT2D eigenvalue weighted by Crippen LogP contribution is 2.22. The summed E-state index contributed by atoms with van der Waals surface area (Å²) in [5.41, 5.74) is 6.56.